The molecular weight excluding hydrogens is 216 g/mol. The van der Waals surface area contributed by atoms with Crippen molar-refractivity contribution in [1.29, 1.82) is 0 Å². The molecule has 1 rings (SSSR count). The molecule has 1 aromatic carbocycles. The second kappa shape index (κ2) is 7.81. The summed E-state index contributed by atoms with van der Waals surface area (Å²) >= 11 is 0. The summed E-state index contributed by atoms with van der Waals surface area (Å²) < 4.78 is 5.07. The molecule has 0 aromatic heterocycles. The van der Waals surface area contributed by atoms with E-state index in [0.29, 0.717) is 26.2 Å². The van der Waals surface area contributed by atoms with Crippen molar-refractivity contribution in [2.24, 2.45) is 0 Å². The molecule has 0 saturated heterocycles. The number of benzene rings is 1. The van der Waals surface area contributed by atoms with Crippen molar-refractivity contribution in [2.45, 2.75) is 20.1 Å². The molecule has 0 unspecified atom stereocenters. The maximum atomic E-state index is 11.2. The number of likely N-dealkylation sites (N-methyl/N-ethyl adjacent to an activating group) is 1. The highest BCUT2D eigenvalue weighted by molar-refractivity contribution is 5.77. The summed E-state index contributed by atoms with van der Waals surface area (Å²) in [5.74, 6) is 0.0283. The predicted octanol–water partition coefficient (Wildman–Crippen LogP) is 1.06. The predicted molar refractivity (Wildman–Crippen MR) is 67.5 cm³/mol. The molecule has 0 aliphatic carbocycles. The van der Waals surface area contributed by atoms with Gasteiger partial charge in [0.05, 0.1) is 13.2 Å². The fourth-order valence-electron chi connectivity index (χ4n) is 1.58. The third kappa shape index (κ3) is 5.47. The number of ether oxygens (including phenoxy) is 1. The van der Waals surface area contributed by atoms with Crippen LogP contribution in [0, 0.1) is 0 Å². The second-order valence-corrected chi connectivity index (χ2v) is 3.81. The van der Waals surface area contributed by atoms with Crippen LogP contribution in [0.1, 0.15) is 18.1 Å². The fraction of sp³-hybridized carbons (Fsp3) is 0.462. The monoisotopic (exact) mass is 236 g/mol. The summed E-state index contributed by atoms with van der Waals surface area (Å²) in [4.78, 5) is 11.2. The molecule has 4 heteroatoms. The third-order valence-corrected chi connectivity index (χ3v) is 2.29. The molecule has 0 bridgehead atoms. The highest BCUT2D eigenvalue weighted by Crippen LogP contribution is 2.05. The summed E-state index contributed by atoms with van der Waals surface area (Å²) in [6.45, 7) is 4.23. The molecule has 94 valence electrons. The van der Waals surface area contributed by atoms with Crippen LogP contribution in [0.3, 0.4) is 0 Å². The minimum absolute atomic E-state index is 0.0283. The first-order valence-corrected chi connectivity index (χ1v) is 5.80. The Morgan fingerprint density at radius 3 is 2.82 bits per heavy atom. The number of methoxy groups -OCH3 is 1. The van der Waals surface area contributed by atoms with Crippen LogP contribution in [-0.2, 0) is 22.7 Å². The van der Waals surface area contributed by atoms with Gasteiger partial charge in [-0.05, 0) is 18.1 Å². The van der Waals surface area contributed by atoms with Crippen molar-refractivity contribution >= 4 is 5.91 Å². The number of amides is 1. The van der Waals surface area contributed by atoms with E-state index in [1.807, 2.05) is 25.1 Å². The van der Waals surface area contributed by atoms with Crippen LogP contribution < -0.4 is 10.6 Å². The largest absolute Gasteiger partial charge is 0.380 e. The second-order valence-electron chi connectivity index (χ2n) is 3.81. The molecule has 0 aliphatic rings. The number of nitrogens with one attached hydrogen (secondary N) is 2. The van der Waals surface area contributed by atoms with Crippen molar-refractivity contribution in [3.8, 4) is 0 Å². The van der Waals surface area contributed by atoms with E-state index >= 15 is 0 Å². The lowest BCUT2D eigenvalue weighted by molar-refractivity contribution is -0.120. The Balaban J connectivity index is 2.35. The zero-order chi connectivity index (χ0) is 12.5. The summed E-state index contributed by atoms with van der Waals surface area (Å²) in [5.41, 5.74) is 2.30. The molecule has 0 atom stereocenters. The van der Waals surface area contributed by atoms with Crippen molar-refractivity contribution in [2.75, 3.05) is 20.2 Å². The van der Waals surface area contributed by atoms with Crippen molar-refractivity contribution in [1.82, 2.24) is 10.6 Å². The molecule has 0 spiro atoms. The van der Waals surface area contributed by atoms with E-state index in [2.05, 4.69) is 16.7 Å². The molecule has 0 radical (unpaired) electrons. The molecule has 17 heavy (non-hydrogen) atoms. The highest BCUT2D eigenvalue weighted by atomic mass is 16.5. The first-order chi connectivity index (χ1) is 8.26. The number of rotatable bonds is 7. The van der Waals surface area contributed by atoms with Gasteiger partial charge in [-0.15, -0.1) is 0 Å². The number of hydrogen-bond donors (Lipinski definition) is 2. The lowest BCUT2D eigenvalue weighted by Crippen LogP contribution is -2.33. The molecule has 0 aliphatic heterocycles. The van der Waals surface area contributed by atoms with E-state index in [1.54, 1.807) is 7.11 Å². The number of carbonyl (C=O) groups excluding carboxylic acids is 1. The standard InChI is InChI=1S/C13H20N2O2/c1-3-15-13(16)9-14-8-11-5-4-6-12(7-11)10-17-2/h4-7,14H,3,8-10H2,1-2H3,(H,15,16). The van der Waals surface area contributed by atoms with Gasteiger partial charge >= 0.3 is 0 Å². The van der Waals surface area contributed by atoms with Gasteiger partial charge in [0.15, 0.2) is 0 Å². The lowest BCUT2D eigenvalue weighted by atomic mass is 10.1. The first-order valence-electron chi connectivity index (χ1n) is 5.80. The zero-order valence-corrected chi connectivity index (χ0v) is 10.5. The Morgan fingerprint density at radius 2 is 2.12 bits per heavy atom. The first kappa shape index (κ1) is 13.7. The van der Waals surface area contributed by atoms with Gasteiger partial charge in [0.2, 0.25) is 5.91 Å². The Bertz CT molecular complexity index is 353. The molecule has 4 nitrogen and oxygen atoms in total. The van der Waals surface area contributed by atoms with E-state index in [4.69, 9.17) is 4.74 Å². The van der Waals surface area contributed by atoms with E-state index in [1.165, 1.54) is 0 Å². The van der Waals surface area contributed by atoms with E-state index in [9.17, 15) is 4.79 Å². The molecular formula is C13H20N2O2. The smallest absolute Gasteiger partial charge is 0.233 e. The van der Waals surface area contributed by atoms with Gasteiger partial charge in [-0.25, -0.2) is 0 Å². The molecule has 1 aromatic rings. The SMILES string of the molecule is CCNC(=O)CNCc1cccc(COC)c1. The van der Waals surface area contributed by atoms with Gasteiger partial charge in [-0.1, -0.05) is 24.3 Å². The van der Waals surface area contributed by atoms with Crippen LogP contribution in [0.5, 0.6) is 0 Å². The Labute approximate surface area is 102 Å². The van der Waals surface area contributed by atoms with Crippen LogP contribution in [0.2, 0.25) is 0 Å². The minimum atomic E-state index is 0.0283. The van der Waals surface area contributed by atoms with Crippen molar-refractivity contribution in [3.05, 3.63) is 35.4 Å². The topological polar surface area (TPSA) is 50.4 Å². The van der Waals surface area contributed by atoms with Crippen molar-refractivity contribution in [3.63, 3.8) is 0 Å². The lowest BCUT2D eigenvalue weighted by Gasteiger charge is -2.06. The van der Waals surface area contributed by atoms with Gasteiger partial charge in [0, 0.05) is 20.2 Å². The van der Waals surface area contributed by atoms with E-state index in [0.717, 1.165) is 11.1 Å². The fourth-order valence-corrected chi connectivity index (χ4v) is 1.58. The minimum Gasteiger partial charge on any atom is -0.380 e. The normalized spacial score (nSPS) is 10.2. The summed E-state index contributed by atoms with van der Waals surface area (Å²) in [7, 11) is 1.68. The third-order valence-electron chi connectivity index (χ3n) is 2.29. The summed E-state index contributed by atoms with van der Waals surface area (Å²) in [6, 6.07) is 8.13. The Morgan fingerprint density at radius 1 is 1.35 bits per heavy atom. The molecule has 0 fully saturated rings. The van der Waals surface area contributed by atoms with Crippen LogP contribution in [0.25, 0.3) is 0 Å². The highest BCUT2D eigenvalue weighted by Gasteiger charge is 1.99. The van der Waals surface area contributed by atoms with Crippen molar-refractivity contribution < 1.29 is 9.53 Å². The van der Waals surface area contributed by atoms with E-state index in [-0.39, 0.29) is 5.91 Å². The Kier molecular flexibility index (Phi) is 6.29. The summed E-state index contributed by atoms with van der Waals surface area (Å²) in [6.07, 6.45) is 0. The average Bonchev–Trinajstić information content (AvgIpc) is 2.30. The molecule has 0 saturated carbocycles. The maximum absolute atomic E-state index is 11.2. The Hall–Kier alpha value is -1.39. The maximum Gasteiger partial charge on any atom is 0.233 e. The average molecular weight is 236 g/mol. The van der Waals surface area contributed by atoms with Gasteiger partial charge in [0.25, 0.3) is 0 Å². The van der Waals surface area contributed by atoms with Crippen LogP contribution in [0.15, 0.2) is 24.3 Å². The molecule has 2 N–H and O–H groups in total. The van der Waals surface area contributed by atoms with Gasteiger partial charge in [-0.3, -0.25) is 4.79 Å². The van der Waals surface area contributed by atoms with Gasteiger partial charge in [-0.2, -0.15) is 0 Å². The number of hydrogen-bond acceptors (Lipinski definition) is 3. The van der Waals surface area contributed by atoms with E-state index < -0.39 is 0 Å². The van der Waals surface area contributed by atoms with Crippen LogP contribution >= 0.6 is 0 Å². The molecule has 0 heterocycles. The van der Waals surface area contributed by atoms with Gasteiger partial charge < -0.3 is 15.4 Å². The van der Waals surface area contributed by atoms with Crippen LogP contribution in [0.4, 0.5) is 0 Å². The molecule has 1 amide bonds. The number of carbonyl (C=O) groups is 1. The quantitative estimate of drug-likeness (QED) is 0.744. The zero-order valence-electron chi connectivity index (χ0n) is 10.5. The summed E-state index contributed by atoms with van der Waals surface area (Å²) in [5, 5.41) is 5.84. The van der Waals surface area contributed by atoms with Gasteiger partial charge in [0.1, 0.15) is 0 Å². The van der Waals surface area contributed by atoms with Crippen LogP contribution in [-0.4, -0.2) is 26.1 Å².